The highest BCUT2D eigenvalue weighted by atomic mass is 32.2. The van der Waals surface area contributed by atoms with Crippen molar-refractivity contribution in [1.82, 2.24) is 9.62 Å². The van der Waals surface area contributed by atoms with E-state index < -0.39 is 22.1 Å². The first kappa shape index (κ1) is 23.7. The van der Waals surface area contributed by atoms with E-state index in [-0.39, 0.29) is 22.4 Å². The molecular formula is C21H28F3N5O3S. The lowest BCUT2D eigenvalue weighted by Gasteiger charge is -2.54. The highest BCUT2D eigenvalue weighted by Gasteiger charge is 2.51. The van der Waals surface area contributed by atoms with Gasteiger partial charge in [0.05, 0.1) is 10.4 Å². The van der Waals surface area contributed by atoms with Crippen LogP contribution in [0.25, 0.3) is 0 Å². The molecule has 1 aromatic carbocycles. The molecule has 3 N–H and O–H groups in total. The average molecular weight is 488 g/mol. The minimum Gasteiger partial charge on any atom is -0.406 e. The number of nitrogens with zero attached hydrogens (tertiary/aromatic N) is 3. The normalized spacial score (nSPS) is 29.8. The molecule has 4 saturated carbocycles. The molecule has 4 aliphatic carbocycles. The summed E-state index contributed by atoms with van der Waals surface area (Å²) in [6.45, 7) is 0. The second-order valence-corrected chi connectivity index (χ2v) is 11.2. The van der Waals surface area contributed by atoms with Crippen molar-refractivity contribution in [3.63, 3.8) is 0 Å². The van der Waals surface area contributed by atoms with Crippen molar-refractivity contribution in [2.45, 2.75) is 55.3 Å². The molecule has 4 aliphatic rings. The Hall–Kier alpha value is -2.50. The number of aliphatic imine (C=N–C) groups is 2. The van der Waals surface area contributed by atoms with E-state index in [1.807, 2.05) is 0 Å². The smallest absolute Gasteiger partial charge is 0.406 e. The number of alkyl halides is 3. The molecule has 0 saturated heterocycles. The molecule has 33 heavy (non-hydrogen) atoms. The Bertz CT molecular complexity index is 1020. The van der Waals surface area contributed by atoms with E-state index in [0.717, 1.165) is 43.5 Å². The van der Waals surface area contributed by atoms with Gasteiger partial charge < -0.3 is 15.4 Å². The quantitative estimate of drug-likeness (QED) is 0.501. The number of guanidine groups is 2. The number of benzene rings is 1. The Labute approximate surface area is 191 Å². The van der Waals surface area contributed by atoms with Crippen LogP contribution < -0.4 is 15.2 Å². The summed E-state index contributed by atoms with van der Waals surface area (Å²) in [6, 6.07) is 3.94. The zero-order valence-electron chi connectivity index (χ0n) is 18.5. The highest BCUT2D eigenvalue weighted by Crippen LogP contribution is 2.57. The fraction of sp³-hybridized carbons (Fsp3) is 0.619. The Balaban J connectivity index is 1.62. The number of nitrogens with two attached hydrogens (primary N) is 1. The molecule has 182 valence electrons. The molecule has 0 atom stereocenters. The lowest BCUT2D eigenvalue weighted by atomic mass is 9.53. The van der Waals surface area contributed by atoms with Crippen molar-refractivity contribution in [2.75, 3.05) is 14.1 Å². The largest absolute Gasteiger partial charge is 0.573 e. The van der Waals surface area contributed by atoms with Crippen LogP contribution in [0.15, 0.2) is 39.1 Å². The second kappa shape index (κ2) is 8.37. The van der Waals surface area contributed by atoms with Crippen LogP contribution in [0.5, 0.6) is 5.75 Å². The lowest BCUT2D eigenvalue weighted by molar-refractivity contribution is -0.274. The Morgan fingerprint density at radius 1 is 1.09 bits per heavy atom. The Morgan fingerprint density at radius 3 is 2.06 bits per heavy atom. The highest BCUT2D eigenvalue weighted by molar-refractivity contribution is 7.90. The molecule has 4 bridgehead atoms. The summed E-state index contributed by atoms with van der Waals surface area (Å²) in [4.78, 5) is 10.4. The number of halogens is 3. The standard InChI is InChI=1S/C21H28F3N5O3S/c1-29(2)18(25)26-19(27-20-10-13-7-14(11-20)9-15(8-13)12-20)28-33(30,31)17-5-3-16(4-6-17)32-21(22,23)24/h3-6,13-15H,7-12H2,1-2H3,(H3,25,26,27,28). The Kier molecular flexibility index (Phi) is 6.00. The first-order valence-corrected chi connectivity index (χ1v) is 12.3. The van der Waals surface area contributed by atoms with Gasteiger partial charge in [0, 0.05) is 14.1 Å². The van der Waals surface area contributed by atoms with Crippen molar-refractivity contribution in [1.29, 1.82) is 0 Å². The van der Waals surface area contributed by atoms with Gasteiger partial charge in [0.1, 0.15) is 5.75 Å². The number of nitrogens with one attached hydrogen (secondary N) is 1. The lowest BCUT2D eigenvalue weighted by Crippen LogP contribution is -2.50. The molecule has 0 heterocycles. The van der Waals surface area contributed by atoms with Crippen molar-refractivity contribution in [2.24, 2.45) is 33.5 Å². The maximum atomic E-state index is 13.0. The summed E-state index contributed by atoms with van der Waals surface area (Å²) in [5.41, 5.74) is 5.59. The van der Waals surface area contributed by atoms with Crippen molar-refractivity contribution in [3.05, 3.63) is 24.3 Å². The molecule has 8 nitrogen and oxygen atoms in total. The van der Waals surface area contributed by atoms with Crippen molar-refractivity contribution < 1.29 is 26.3 Å². The molecule has 0 aliphatic heterocycles. The minimum absolute atomic E-state index is 0.0788. The van der Waals surface area contributed by atoms with Crippen molar-refractivity contribution >= 4 is 21.9 Å². The van der Waals surface area contributed by atoms with E-state index in [9.17, 15) is 21.6 Å². The van der Waals surface area contributed by atoms with E-state index in [1.54, 1.807) is 14.1 Å². The van der Waals surface area contributed by atoms with Crippen molar-refractivity contribution in [3.8, 4) is 5.75 Å². The SMILES string of the molecule is CN(C)C(N)=NC(=NC12CC3CC(CC(C3)C1)C2)NS(=O)(=O)c1ccc(OC(F)(F)F)cc1. The summed E-state index contributed by atoms with van der Waals surface area (Å²) in [5, 5.41) is 0. The predicted molar refractivity (Wildman–Crippen MR) is 117 cm³/mol. The van der Waals surface area contributed by atoms with E-state index in [1.165, 1.54) is 24.2 Å². The van der Waals surface area contributed by atoms with Crippen LogP contribution in [0.1, 0.15) is 38.5 Å². The monoisotopic (exact) mass is 487 g/mol. The van der Waals surface area contributed by atoms with Crippen LogP contribution in [0.2, 0.25) is 0 Å². The first-order chi connectivity index (χ1) is 15.3. The summed E-state index contributed by atoms with van der Waals surface area (Å²) in [5.74, 6) is 1.23. The maximum absolute atomic E-state index is 13.0. The van der Waals surface area contributed by atoms with Crippen LogP contribution in [0.4, 0.5) is 13.2 Å². The predicted octanol–water partition coefficient (Wildman–Crippen LogP) is 3.06. The number of sulfonamides is 1. The fourth-order valence-corrected chi connectivity index (χ4v) is 6.65. The summed E-state index contributed by atoms with van der Waals surface area (Å²) in [6.07, 6.45) is 1.41. The number of hydrogen-bond donors (Lipinski definition) is 2. The number of ether oxygens (including phenoxy) is 1. The molecule has 5 rings (SSSR count). The van der Waals surface area contributed by atoms with Gasteiger partial charge in [0.25, 0.3) is 10.0 Å². The van der Waals surface area contributed by atoms with Crippen LogP contribution in [-0.2, 0) is 10.0 Å². The maximum Gasteiger partial charge on any atom is 0.573 e. The van der Waals surface area contributed by atoms with E-state index in [0.29, 0.717) is 17.8 Å². The first-order valence-electron chi connectivity index (χ1n) is 10.8. The third-order valence-electron chi connectivity index (χ3n) is 6.62. The van der Waals surface area contributed by atoms with Gasteiger partial charge in [0.15, 0.2) is 5.96 Å². The molecule has 0 aromatic heterocycles. The Morgan fingerprint density at radius 2 is 1.61 bits per heavy atom. The van der Waals surface area contributed by atoms with Crippen LogP contribution >= 0.6 is 0 Å². The summed E-state index contributed by atoms with van der Waals surface area (Å²) >= 11 is 0. The molecule has 0 radical (unpaired) electrons. The summed E-state index contributed by atoms with van der Waals surface area (Å²) < 4.78 is 69.4. The molecule has 1 aromatic rings. The van der Waals surface area contributed by atoms with Gasteiger partial charge in [0.2, 0.25) is 5.96 Å². The van der Waals surface area contributed by atoms with E-state index >= 15 is 0 Å². The van der Waals surface area contributed by atoms with Gasteiger partial charge >= 0.3 is 6.36 Å². The molecule has 0 unspecified atom stereocenters. The van der Waals surface area contributed by atoms with Gasteiger partial charge in [-0.1, -0.05) is 0 Å². The molecule has 0 amide bonds. The van der Waals surface area contributed by atoms with E-state index in [4.69, 9.17) is 10.7 Å². The number of rotatable bonds is 4. The topological polar surface area (TPSA) is 109 Å². The van der Waals surface area contributed by atoms with Gasteiger partial charge in [-0.05, 0) is 80.5 Å². The van der Waals surface area contributed by atoms with Crippen LogP contribution in [0.3, 0.4) is 0 Å². The number of hydrogen-bond acceptors (Lipinski definition) is 4. The van der Waals surface area contributed by atoms with Gasteiger partial charge in [-0.3, -0.25) is 0 Å². The van der Waals surface area contributed by atoms with Crippen LogP contribution in [0, 0.1) is 17.8 Å². The fourth-order valence-electron chi connectivity index (χ4n) is 5.71. The third-order valence-corrected chi connectivity index (χ3v) is 7.96. The molecule has 0 spiro atoms. The summed E-state index contributed by atoms with van der Waals surface area (Å²) in [7, 11) is -0.822. The second-order valence-electron chi connectivity index (χ2n) is 9.57. The van der Waals surface area contributed by atoms with E-state index in [2.05, 4.69) is 14.5 Å². The van der Waals surface area contributed by atoms with Gasteiger partial charge in [-0.15, -0.1) is 13.2 Å². The third kappa shape index (κ3) is 5.53. The zero-order chi connectivity index (χ0) is 24.0. The molecular weight excluding hydrogens is 459 g/mol. The van der Waals surface area contributed by atoms with Gasteiger partial charge in [-0.2, -0.15) is 4.99 Å². The zero-order valence-corrected chi connectivity index (χ0v) is 19.3. The molecule has 4 fully saturated rings. The minimum atomic E-state index is -4.87. The van der Waals surface area contributed by atoms with Crippen LogP contribution in [-0.4, -0.2) is 51.2 Å². The molecule has 12 heteroatoms. The average Bonchev–Trinajstić information content (AvgIpc) is 2.65. The van der Waals surface area contributed by atoms with Gasteiger partial charge in [-0.25, -0.2) is 18.1 Å².